The molecule has 1 amide bonds. The van der Waals surface area contributed by atoms with Crippen LogP contribution in [-0.2, 0) is 21.6 Å². The van der Waals surface area contributed by atoms with Crippen LogP contribution in [0, 0.1) is 0 Å². The topological polar surface area (TPSA) is 87.4 Å². The number of methoxy groups -OCH3 is 2. The van der Waals surface area contributed by atoms with E-state index in [9.17, 15) is 9.59 Å². The summed E-state index contributed by atoms with van der Waals surface area (Å²) in [6.07, 6.45) is 0.913. The van der Waals surface area contributed by atoms with Gasteiger partial charge in [0.25, 0.3) is 5.91 Å². The van der Waals surface area contributed by atoms with Gasteiger partial charge in [0, 0.05) is 18.5 Å². The van der Waals surface area contributed by atoms with Gasteiger partial charge in [0.2, 0.25) is 0 Å². The number of furan rings is 1. The molecule has 0 atom stereocenters. The highest BCUT2D eigenvalue weighted by Crippen LogP contribution is 2.39. The summed E-state index contributed by atoms with van der Waals surface area (Å²) >= 11 is 0. The second-order valence-corrected chi connectivity index (χ2v) is 9.69. The average Bonchev–Trinajstić information content (AvgIpc) is 3.38. The van der Waals surface area contributed by atoms with Crippen molar-refractivity contribution in [2.24, 2.45) is 0 Å². The Kier molecular flexibility index (Phi) is 7.96. The number of amides is 1. The van der Waals surface area contributed by atoms with E-state index in [1.54, 1.807) is 61.6 Å². The van der Waals surface area contributed by atoms with Gasteiger partial charge < -0.3 is 28.3 Å². The first-order valence-corrected chi connectivity index (χ1v) is 13.4. The molecule has 0 spiro atoms. The van der Waals surface area contributed by atoms with Gasteiger partial charge in [-0.1, -0.05) is 30.3 Å². The zero-order valence-corrected chi connectivity index (χ0v) is 23.0. The third kappa shape index (κ3) is 5.21. The third-order valence-corrected chi connectivity index (χ3v) is 7.51. The summed E-state index contributed by atoms with van der Waals surface area (Å²) in [5, 5.41) is 0.656. The molecule has 0 N–H and O–H groups in total. The standard InChI is InChI=1S/C32H33NO7/c1-4-38-31(35)32(22-8-6-5-7-9-22)16-18-33(19-17-32)30(34)29-26-20-25(37-3)14-15-27(26)40-28(29)21-39-24-12-10-23(36-2)11-13-24/h5-15,20H,4,16-19,21H2,1-3H3. The van der Waals surface area contributed by atoms with Crippen molar-refractivity contribution in [2.45, 2.75) is 31.8 Å². The lowest BCUT2D eigenvalue weighted by Gasteiger charge is -2.40. The lowest BCUT2D eigenvalue weighted by molar-refractivity contribution is -0.152. The van der Waals surface area contributed by atoms with Crippen LogP contribution in [0.4, 0.5) is 0 Å². The van der Waals surface area contributed by atoms with Crippen LogP contribution in [0.1, 0.15) is 41.4 Å². The second-order valence-electron chi connectivity index (χ2n) is 9.69. The van der Waals surface area contributed by atoms with Crippen molar-refractivity contribution in [3.63, 3.8) is 0 Å². The summed E-state index contributed by atoms with van der Waals surface area (Å²) in [6.45, 7) is 2.96. The van der Waals surface area contributed by atoms with Crippen molar-refractivity contribution in [1.82, 2.24) is 4.90 Å². The Labute approximate surface area is 233 Å². The SMILES string of the molecule is CCOC(=O)C1(c2ccccc2)CCN(C(=O)c2c(COc3ccc(OC)cc3)oc3ccc(OC)cc23)CC1. The summed E-state index contributed by atoms with van der Waals surface area (Å²) in [7, 11) is 3.19. The van der Waals surface area contributed by atoms with Crippen LogP contribution >= 0.6 is 0 Å². The molecule has 1 aromatic heterocycles. The van der Waals surface area contributed by atoms with E-state index in [4.69, 9.17) is 23.4 Å². The molecule has 1 aliphatic rings. The van der Waals surface area contributed by atoms with Crippen molar-refractivity contribution in [3.05, 3.63) is 89.7 Å². The number of hydrogen-bond donors (Lipinski definition) is 0. The Morgan fingerprint density at radius 1 is 0.875 bits per heavy atom. The molecule has 2 heterocycles. The Balaban J connectivity index is 1.43. The number of hydrogen-bond acceptors (Lipinski definition) is 7. The van der Waals surface area contributed by atoms with E-state index >= 15 is 0 Å². The van der Waals surface area contributed by atoms with Gasteiger partial charge in [0.05, 0.1) is 31.8 Å². The molecule has 8 nitrogen and oxygen atoms in total. The number of nitrogens with zero attached hydrogens (tertiary/aromatic N) is 1. The fourth-order valence-electron chi connectivity index (χ4n) is 5.30. The Morgan fingerprint density at radius 3 is 2.17 bits per heavy atom. The number of carbonyl (C=O) groups excluding carboxylic acids is 2. The maximum atomic E-state index is 14.1. The van der Waals surface area contributed by atoms with Crippen molar-refractivity contribution in [2.75, 3.05) is 33.9 Å². The Morgan fingerprint density at radius 2 is 1.52 bits per heavy atom. The van der Waals surface area contributed by atoms with E-state index in [0.717, 1.165) is 11.3 Å². The van der Waals surface area contributed by atoms with Gasteiger partial charge in [0.15, 0.2) is 5.76 Å². The number of carbonyl (C=O) groups is 2. The van der Waals surface area contributed by atoms with E-state index in [1.165, 1.54) is 0 Å². The number of fused-ring (bicyclic) bond motifs is 1. The minimum Gasteiger partial charge on any atom is -0.497 e. The van der Waals surface area contributed by atoms with Crippen LogP contribution < -0.4 is 14.2 Å². The highest BCUT2D eigenvalue weighted by molar-refractivity contribution is 6.07. The first-order valence-electron chi connectivity index (χ1n) is 13.4. The van der Waals surface area contributed by atoms with Crippen molar-refractivity contribution < 1.29 is 33.0 Å². The molecule has 40 heavy (non-hydrogen) atoms. The maximum absolute atomic E-state index is 14.1. The molecule has 0 radical (unpaired) electrons. The van der Waals surface area contributed by atoms with Crippen LogP contribution in [0.5, 0.6) is 17.2 Å². The molecule has 3 aromatic carbocycles. The number of ether oxygens (including phenoxy) is 4. The minimum absolute atomic E-state index is 0.0645. The molecule has 1 saturated heterocycles. The first kappa shape index (κ1) is 27.1. The van der Waals surface area contributed by atoms with Crippen LogP contribution in [0.15, 0.2) is 77.2 Å². The van der Waals surface area contributed by atoms with Crippen molar-refractivity contribution in [3.8, 4) is 17.2 Å². The quantitative estimate of drug-likeness (QED) is 0.248. The predicted molar refractivity (Wildman–Crippen MR) is 150 cm³/mol. The molecule has 0 saturated carbocycles. The van der Waals surface area contributed by atoms with Gasteiger partial charge >= 0.3 is 5.97 Å². The minimum atomic E-state index is -0.796. The Hall–Kier alpha value is -4.46. The summed E-state index contributed by atoms with van der Waals surface area (Å²) in [6, 6.07) is 22.3. The van der Waals surface area contributed by atoms with Gasteiger partial charge in [-0.3, -0.25) is 9.59 Å². The van der Waals surface area contributed by atoms with Gasteiger partial charge in [0.1, 0.15) is 29.4 Å². The third-order valence-electron chi connectivity index (χ3n) is 7.51. The zero-order chi connectivity index (χ0) is 28.1. The normalized spacial score (nSPS) is 14.5. The smallest absolute Gasteiger partial charge is 0.316 e. The lowest BCUT2D eigenvalue weighted by Crippen LogP contribution is -2.49. The molecule has 1 aliphatic heterocycles. The number of benzene rings is 3. The van der Waals surface area contributed by atoms with E-state index in [-0.39, 0.29) is 18.5 Å². The largest absolute Gasteiger partial charge is 0.497 e. The van der Waals surface area contributed by atoms with E-state index in [0.29, 0.717) is 66.3 Å². The molecule has 1 fully saturated rings. The summed E-state index contributed by atoms with van der Waals surface area (Å²) in [5.41, 5.74) is 1.12. The van der Waals surface area contributed by atoms with Crippen molar-refractivity contribution >= 4 is 22.8 Å². The lowest BCUT2D eigenvalue weighted by atomic mass is 9.72. The first-order chi connectivity index (χ1) is 19.5. The number of esters is 1. The van der Waals surface area contributed by atoms with Crippen LogP contribution in [-0.4, -0.2) is 50.7 Å². The summed E-state index contributed by atoms with van der Waals surface area (Å²) < 4.78 is 28.3. The van der Waals surface area contributed by atoms with E-state index in [2.05, 4.69) is 0 Å². The number of likely N-dealkylation sites (tertiary alicyclic amines) is 1. The average molecular weight is 544 g/mol. The fourth-order valence-corrected chi connectivity index (χ4v) is 5.30. The van der Waals surface area contributed by atoms with Gasteiger partial charge in [-0.25, -0.2) is 0 Å². The molecule has 4 aromatic rings. The molecular formula is C32H33NO7. The zero-order valence-electron chi connectivity index (χ0n) is 23.0. The van der Waals surface area contributed by atoms with E-state index < -0.39 is 5.41 Å². The summed E-state index contributed by atoms with van der Waals surface area (Å²) in [4.78, 5) is 29.1. The predicted octanol–water partition coefficient (Wildman–Crippen LogP) is 5.77. The maximum Gasteiger partial charge on any atom is 0.316 e. The molecule has 0 bridgehead atoms. The van der Waals surface area contributed by atoms with Gasteiger partial charge in [-0.2, -0.15) is 0 Å². The van der Waals surface area contributed by atoms with E-state index in [1.807, 2.05) is 37.3 Å². The monoisotopic (exact) mass is 543 g/mol. The Bertz CT molecular complexity index is 1470. The number of piperidine rings is 1. The highest BCUT2D eigenvalue weighted by Gasteiger charge is 2.45. The molecule has 208 valence electrons. The van der Waals surface area contributed by atoms with Crippen LogP contribution in [0.25, 0.3) is 11.0 Å². The molecule has 8 heteroatoms. The van der Waals surface area contributed by atoms with Gasteiger partial charge in [-0.15, -0.1) is 0 Å². The fraction of sp³-hybridized carbons (Fsp3) is 0.312. The van der Waals surface area contributed by atoms with Gasteiger partial charge in [-0.05, 0) is 67.8 Å². The van der Waals surface area contributed by atoms with Crippen LogP contribution in [0.3, 0.4) is 0 Å². The second kappa shape index (κ2) is 11.7. The summed E-state index contributed by atoms with van der Waals surface area (Å²) in [5.74, 6) is 1.96. The molecular weight excluding hydrogens is 510 g/mol. The van der Waals surface area contributed by atoms with Crippen LogP contribution in [0.2, 0.25) is 0 Å². The molecule has 5 rings (SSSR count). The number of rotatable bonds is 9. The highest BCUT2D eigenvalue weighted by atomic mass is 16.5. The van der Waals surface area contributed by atoms with Crippen molar-refractivity contribution in [1.29, 1.82) is 0 Å². The molecule has 0 aliphatic carbocycles. The molecule has 0 unspecified atom stereocenters.